The molecule has 0 amide bonds. The second-order valence-corrected chi connectivity index (χ2v) is 3.74. The number of amidine groups is 1. The van der Waals surface area contributed by atoms with Gasteiger partial charge in [-0.2, -0.15) is 0 Å². The van der Waals surface area contributed by atoms with Crippen molar-refractivity contribution in [3.05, 3.63) is 29.6 Å². The van der Waals surface area contributed by atoms with Crippen molar-refractivity contribution < 1.29 is 4.74 Å². The Bertz CT molecular complexity index is 347. The number of aromatic nitrogens is 1. The van der Waals surface area contributed by atoms with E-state index in [0.717, 1.165) is 24.2 Å². The molecular weight excluding hydrogens is 190 g/mol. The van der Waals surface area contributed by atoms with Crippen molar-refractivity contribution in [2.24, 2.45) is 0 Å². The molecule has 0 radical (unpaired) electrons. The average Bonchev–Trinajstić information content (AvgIpc) is 2.25. The number of rotatable bonds is 2. The van der Waals surface area contributed by atoms with Gasteiger partial charge in [0.2, 0.25) is 0 Å². The molecule has 1 fully saturated rings. The summed E-state index contributed by atoms with van der Waals surface area (Å²) < 4.78 is 5.18. The molecule has 1 saturated heterocycles. The van der Waals surface area contributed by atoms with E-state index in [1.54, 1.807) is 0 Å². The minimum absolute atomic E-state index is 0.279. The van der Waals surface area contributed by atoms with E-state index in [1.807, 2.05) is 30.2 Å². The number of pyridine rings is 1. The van der Waals surface area contributed by atoms with E-state index in [0.29, 0.717) is 13.2 Å². The number of ether oxygens (including phenoxy) is 1. The molecule has 0 aromatic carbocycles. The van der Waals surface area contributed by atoms with Crippen molar-refractivity contribution >= 4 is 6.02 Å². The zero-order chi connectivity index (χ0) is 10.7. The number of hydrogen-bond donors (Lipinski definition) is 1. The van der Waals surface area contributed by atoms with Crippen LogP contribution >= 0.6 is 0 Å². The molecule has 1 aliphatic heterocycles. The molecule has 80 valence electrons. The molecule has 1 aromatic heterocycles. The second-order valence-electron chi connectivity index (χ2n) is 3.74. The van der Waals surface area contributed by atoms with Gasteiger partial charge in [-0.25, -0.2) is 0 Å². The second kappa shape index (κ2) is 4.29. The summed E-state index contributed by atoms with van der Waals surface area (Å²) in [5.41, 5.74) is 2.14. The Kier molecular flexibility index (Phi) is 2.85. The topological polar surface area (TPSA) is 49.2 Å². The van der Waals surface area contributed by atoms with Gasteiger partial charge in [-0.3, -0.25) is 10.4 Å². The van der Waals surface area contributed by atoms with E-state index in [9.17, 15) is 0 Å². The van der Waals surface area contributed by atoms with E-state index in [-0.39, 0.29) is 6.02 Å². The standard InChI is InChI=1S/C11H15N3O/c1-9-3-4-10(7-13-9)8-14-5-2-6-15-11(14)12/h3-4,7,12H,2,5-6,8H2,1H3. The molecule has 0 spiro atoms. The maximum Gasteiger partial charge on any atom is 0.284 e. The van der Waals surface area contributed by atoms with E-state index in [4.69, 9.17) is 10.1 Å². The molecule has 1 aromatic rings. The van der Waals surface area contributed by atoms with E-state index < -0.39 is 0 Å². The molecule has 0 unspecified atom stereocenters. The predicted octanol–water partition coefficient (Wildman–Crippen LogP) is 1.55. The van der Waals surface area contributed by atoms with Gasteiger partial charge in [0, 0.05) is 25.0 Å². The minimum Gasteiger partial charge on any atom is -0.465 e. The Morgan fingerprint density at radius 1 is 1.53 bits per heavy atom. The zero-order valence-corrected chi connectivity index (χ0v) is 8.86. The first-order valence-corrected chi connectivity index (χ1v) is 5.13. The summed E-state index contributed by atoms with van der Waals surface area (Å²) in [5, 5.41) is 7.62. The van der Waals surface area contributed by atoms with Crippen molar-refractivity contribution in [3.8, 4) is 0 Å². The van der Waals surface area contributed by atoms with E-state index >= 15 is 0 Å². The number of nitrogens with zero attached hydrogens (tertiary/aromatic N) is 2. The summed E-state index contributed by atoms with van der Waals surface area (Å²) >= 11 is 0. The van der Waals surface area contributed by atoms with Gasteiger partial charge < -0.3 is 9.64 Å². The van der Waals surface area contributed by atoms with Gasteiger partial charge in [0.05, 0.1) is 6.61 Å². The molecule has 0 atom stereocenters. The van der Waals surface area contributed by atoms with Gasteiger partial charge in [-0.05, 0) is 25.0 Å². The molecule has 4 nitrogen and oxygen atoms in total. The summed E-state index contributed by atoms with van der Waals surface area (Å²) in [6.45, 7) is 4.25. The maximum absolute atomic E-state index is 7.62. The van der Waals surface area contributed by atoms with Crippen LogP contribution < -0.4 is 0 Å². The fourth-order valence-corrected chi connectivity index (χ4v) is 1.58. The highest BCUT2D eigenvalue weighted by molar-refractivity contribution is 5.70. The molecule has 15 heavy (non-hydrogen) atoms. The summed E-state index contributed by atoms with van der Waals surface area (Å²) in [4.78, 5) is 6.16. The number of nitrogens with one attached hydrogen (secondary N) is 1. The van der Waals surface area contributed by atoms with Crippen molar-refractivity contribution in [3.63, 3.8) is 0 Å². The number of aryl methyl sites for hydroxylation is 1. The van der Waals surface area contributed by atoms with Crippen LogP contribution in [0.1, 0.15) is 17.7 Å². The lowest BCUT2D eigenvalue weighted by atomic mass is 10.2. The van der Waals surface area contributed by atoms with Crippen LogP contribution in [0.3, 0.4) is 0 Å². The molecule has 4 heteroatoms. The van der Waals surface area contributed by atoms with Gasteiger partial charge in [-0.15, -0.1) is 0 Å². The van der Waals surface area contributed by atoms with Gasteiger partial charge in [0.25, 0.3) is 6.02 Å². The Morgan fingerprint density at radius 3 is 3.07 bits per heavy atom. The van der Waals surface area contributed by atoms with Crippen LogP contribution in [0.4, 0.5) is 0 Å². The van der Waals surface area contributed by atoms with Crippen molar-refractivity contribution in [2.75, 3.05) is 13.2 Å². The molecule has 0 aliphatic carbocycles. The molecule has 2 rings (SSSR count). The van der Waals surface area contributed by atoms with Crippen LogP contribution in [-0.4, -0.2) is 29.1 Å². The third-order valence-electron chi connectivity index (χ3n) is 2.44. The molecule has 1 N–H and O–H groups in total. The highest BCUT2D eigenvalue weighted by Crippen LogP contribution is 2.09. The summed E-state index contributed by atoms with van der Waals surface area (Å²) in [7, 11) is 0. The normalized spacial score (nSPS) is 16.3. The molecule has 0 saturated carbocycles. The highest BCUT2D eigenvalue weighted by atomic mass is 16.5. The first kappa shape index (κ1) is 9.96. The quantitative estimate of drug-likeness (QED) is 0.796. The third-order valence-corrected chi connectivity index (χ3v) is 2.44. The third kappa shape index (κ3) is 2.46. The Morgan fingerprint density at radius 2 is 2.40 bits per heavy atom. The molecule has 0 bridgehead atoms. The van der Waals surface area contributed by atoms with E-state index in [2.05, 4.69) is 4.98 Å². The Balaban J connectivity index is 2.01. The predicted molar refractivity (Wildman–Crippen MR) is 57.7 cm³/mol. The van der Waals surface area contributed by atoms with Crippen molar-refractivity contribution in [2.45, 2.75) is 19.9 Å². The van der Waals surface area contributed by atoms with E-state index in [1.165, 1.54) is 0 Å². The smallest absolute Gasteiger partial charge is 0.284 e. The summed E-state index contributed by atoms with van der Waals surface area (Å²) in [6, 6.07) is 4.32. The number of hydrogen-bond acceptors (Lipinski definition) is 3. The van der Waals surface area contributed by atoms with Crippen LogP contribution in [0.15, 0.2) is 18.3 Å². The van der Waals surface area contributed by atoms with Crippen molar-refractivity contribution in [1.29, 1.82) is 5.41 Å². The summed E-state index contributed by atoms with van der Waals surface area (Å²) in [6.07, 6.45) is 2.85. The Hall–Kier alpha value is -1.58. The highest BCUT2D eigenvalue weighted by Gasteiger charge is 2.16. The largest absolute Gasteiger partial charge is 0.465 e. The van der Waals surface area contributed by atoms with Gasteiger partial charge >= 0.3 is 0 Å². The monoisotopic (exact) mass is 205 g/mol. The Labute approximate surface area is 89.4 Å². The fourth-order valence-electron chi connectivity index (χ4n) is 1.58. The molecule has 1 aliphatic rings. The van der Waals surface area contributed by atoms with Crippen LogP contribution in [0.2, 0.25) is 0 Å². The fraction of sp³-hybridized carbons (Fsp3) is 0.455. The van der Waals surface area contributed by atoms with Crippen LogP contribution in [0.5, 0.6) is 0 Å². The first-order chi connectivity index (χ1) is 7.25. The van der Waals surface area contributed by atoms with Gasteiger partial charge in [0.1, 0.15) is 0 Å². The average molecular weight is 205 g/mol. The zero-order valence-electron chi connectivity index (χ0n) is 8.86. The molecule has 2 heterocycles. The summed E-state index contributed by atoms with van der Waals surface area (Å²) in [5.74, 6) is 0. The van der Waals surface area contributed by atoms with Gasteiger partial charge in [0.15, 0.2) is 0 Å². The first-order valence-electron chi connectivity index (χ1n) is 5.13. The van der Waals surface area contributed by atoms with Crippen LogP contribution in [0.25, 0.3) is 0 Å². The van der Waals surface area contributed by atoms with Crippen LogP contribution in [-0.2, 0) is 11.3 Å². The molecular formula is C11H15N3O. The lowest BCUT2D eigenvalue weighted by molar-refractivity contribution is 0.167. The maximum atomic E-state index is 7.62. The SMILES string of the molecule is Cc1ccc(CN2CCCOC2=N)cn1. The lowest BCUT2D eigenvalue weighted by Gasteiger charge is -2.28. The van der Waals surface area contributed by atoms with Crippen molar-refractivity contribution in [1.82, 2.24) is 9.88 Å². The lowest BCUT2D eigenvalue weighted by Crippen LogP contribution is -2.37. The minimum atomic E-state index is 0.279. The van der Waals surface area contributed by atoms with Crippen LogP contribution in [0, 0.1) is 12.3 Å². The van der Waals surface area contributed by atoms with Gasteiger partial charge in [-0.1, -0.05) is 6.07 Å².